The highest BCUT2D eigenvalue weighted by Crippen LogP contribution is 2.42. The van der Waals surface area contributed by atoms with Crippen molar-refractivity contribution in [3.63, 3.8) is 0 Å². The van der Waals surface area contributed by atoms with E-state index in [9.17, 15) is 13.6 Å². The number of alkyl halides is 2. The van der Waals surface area contributed by atoms with Gasteiger partial charge < -0.3 is 14.8 Å². The molecule has 0 radical (unpaired) electrons. The van der Waals surface area contributed by atoms with Crippen LogP contribution >= 0.6 is 0 Å². The second kappa shape index (κ2) is 5.16. The molecule has 120 valence electrons. The molecule has 7 heteroatoms. The van der Waals surface area contributed by atoms with E-state index in [1.807, 2.05) is 12.1 Å². The van der Waals surface area contributed by atoms with E-state index in [1.165, 1.54) is 24.4 Å². The Morgan fingerprint density at radius 1 is 1.04 bits per heavy atom. The number of ether oxygens (including phenoxy) is 2. The highest BCUT2D eigenvalue weighted by atomic mass is 19.3. The molecule has 0 aliphatic carbocycles. The molecule has 0 saturated heterocycles. The van der Waals surface area contributed by atoms with E-state index in [0.29, 0.717) is 22.2 Å². The van der Waals surface area contributed by atoms with Crippen LogP contribution in [0.25, 0.3) is 10.9 Å². The lowest BCUT2D eigenvalue weighted by molar-refractivity contribution is -0.286. The summed E-state index contributed by atoms with van der Waals surface area (Å²) in [6.07, 6.45) is -2.15. The number of aromatic nitrogens is 1. The van der Waals surface area contributed by atoms with Crippen LogP contribution in [-0.2, 0) is 0 Å². The number of rotatable bonds is 2. The third-order valence-electron chi connectivity index (χ3n) is 3.55. The minimum atomic E-state index is -3.69. The van der Waals surface area contributed by atoms with Gasteiger partial charge in [0.1, 0.15) is 0 Å². The smallest absolute Gasteiger partial charge is 0.395 e. The van der Waals surface area contributed by atoms with Crippen molar-refractivity contribution in [1.82, 2.24) is 4.98 Å². The summed E-state index contributed by atoms with van der Waals surface area (Å²) < 4.78 is 34.8. The number of nitrogens with zero attached hydrogens (tertiary/aromatic N) is 1. The summed E-state index contributed by atoms with van der Waals surface area (Å²) in [6, 6.07) is 12.9. The summed E-state index contributed by atoms with van der Waals surface area (Å²) in [6.45, 7) is 0. The van der Waals surface area contributed by atoms with Crippen molar-refractivity contribution >= 4 is 22.5 Å². The van der Waals surface area contributed by atoms with Gasteiger partial charge in [-0.1, -0.05) is 18.2 Å². The molecule has 0 spiro atoms. The molecule has 1 N–H and O–H groups in total. The van der Waals surface area contributed by atoms with Crippen LogP contribution < -0.4 is 14.8 Å². The zero-order chi connectivity index (χ0) is 16.7. The third kappa shape index (κ3) is 2.50. The zero-order valence-corrected chi connectivity index (χ0v) is 12.1. The largest absolute Gasteiger partial charge is 0.586 e. The Bertz CT molecular complexity index is 954. The lowest BCUT2D eigenvalue weighted by atomic mass is 10.1. The third-order valence-corrected chi connectivity index (χ3v) is 3.55. The van der Waals surface area contributed by atoms with E-state index in [0.717, 1.165) is 0 Å². The average Bonchev–Trinajstić information content (AvgIpc) is 2.87. The topological polar surface area (TPSA) is 60.5 Å². The van der Waals surface area contributed by atoms with Crippen LogP contribution in [-0.4, -0.2) is 17.2 Å². The highest BCUT2D eigenvalue weighted by molar-refractivity contribution is 6.12. The van der Waals surface area contributed by atoms with Crippen LogP contribution in [0.4, 0.5) is 14.5 Å². The fourth-order valence-corrected chi connectivity index (χ4v) is 2.52. The number of anilines is 1. The Balaban J connectivity index is 1.63. The van der Waals surface area contributed by atoms with E-state index in [-0.39, 0.29) is 17.4 Å². The zero-order valence-electron chi connectivity index (χ0n) is 12.1. The number of hydrogen-bond donors (Lipinski definition) is 1. The Labute approximate surface area is 134 Å². The monoisotopic (exact) mass is 328 g/mol. The Morgan fingerprint density at radius 2 is 1.83 bits per heavy atom. The van der Waals surface area contributed by atoms with Crippen molar-refractivity contribution in [3.05, 3.63) is 60.3 Å². The summed E-state index contributed by atoms with van der Waals surface area (Å²) in [5.74, 6) is -0.580. The molecule has 4 rings (SSSR count). The van der Waals surface area contributed by atoms with Crippen LogP contribution in [0.2, 0.25) is 0 Å². The number of carbonyl (C=O) groups is 1. The highest BCUT2D eigenvalue weighted by Gasteiger charge is 2.43. The first-order chi connectivity index (χ1) is 11.5. The number of carbonyl (C=O) groups excluding carboxylic acids is 1. The minimum absolute atomic E-state index is 0.0765. The fourth-order valence-electron chi connectivity index (χ4n) is 2.52. The second-order valence-corrected chi connectivity index (χ2v) is 5.16. The van der Waals surface area contributed by atoms with E-state index >= 15 is 0 Å². The standard InChI is InChI=1S/C17H10F2N2O3/c18-17(19)23-14-6-5-10(9-15(14)24-17)21-16(22)12-7-8-20-13-4-2-1-3-11(12)13/h1-9H,(H,21,22). The van der Waals surface area contributed by atoms with Gasteiger partial charge in [-0.2, -0.15) is 0 Å². The number of fused-ring (bicyclic) bond motifs is 2. The van der Waals surface area contributed by atoms with E-state index in [2.05, 4.69) is 19.8 Å². The average molecular weight is 328 g/mol. The van der Waals surface area contributed by atoms with Crippen LogP contribution in [0, 0.1) is 0 Å². The molecule has 1 aliphatic heterocycles. The van der Waals surface area contributed by atoms with Gasteiger partial charge in [0, 0.05) is 23.3 Å². The maximum absolute atomic E-state index is 13.0. The van der Waals surface area contributed by atoms with Crippen molar-refractivity contribution in [3.8, 4) is 11.5 Å². The molecule has 0 unspecified atom stereocenters. The van der Waals surface area contributed by atoms with Crippen molar-refractivity contribution in [2.75, 3.05) is 5.32 Å². The predicted molar refractivity (Wildman–Crippen MR) is 82.3 cm³/mol. The van der Waals surface area contributed by atoms with Crippen molar-refractivity contribution in [2.45, 2.75) is 6.29 Å². The first-order valence-corrected chi connectivity index (χ1v) is 7.07. The number of pyridine rings is 1. The molecule has 1 amide bonds. The number of para-hydroxylation sites is 1. The van der Waals surface area contributed by atoms with E-state index < -0.39 is 6.29 Å². The second-order valence-electron chi connectivity index (χ2n) is 5.16. The molecule has 1 aromatic heterocycles. The number of nitrogens with one attached hydrogen (secondary N) is 1. The van der Waals surface area contributed by atoms with Gasteiger partial charge in [-0.15, -0.1) is 8.78 Å². The van der Waals surface area contributed by atoms with Crippen molar-refractivity contribution < 1.29 is 23.0 Å². The van der Waals surface area contributed by atoms with Gasteiger partial charge in [0.2, 0.25) is 0 Å². The molecule has 0 saturated carbocycles. The Morgan fingerprint density at radius 3 is 2.71 bits per heavy atom. The molecule has 0 fully saturated rings. The molecule has 0 bridgehead atoms. The van der Waals surface area contributed by atoms with Crippen molar-refractivity contribution in [1.29, 1.82) is 0 Å². The SMILES string of the molecule is O=C(Nc1ccc2c(c1)OC(F)(F)O2)c1ccnc2ccccc12. The number of benzene rings is 2. The molecular formula is C17H10F2N2O3. The summed E-state index contributed by atoms with van der Waals surface area (Å²) in [5, 5.41) is 3.36. The van der Waals surface area contributed by atoms with Crippen LogP contribution in [0.1, 0.15) is 10.4 Å². The van der Waals surface area contributed by atoms with Gasteiger partial charge >= 0.3 is 6.29 Å². The molecule has 24 heavy (non-hydrogen) atoms. The van der Waals surface area contributed by atoms with Gasteiger partial charge in [0.05, 0.1) is 11.1 Å². The molecular weight excluding hydrogens is 318 g/mol. The van der Waals surface area contributed by atoms with Gasteiger partial charge in [-0.3, -0.25) is 9.78 Å². The minimum Gasteiger partial charge on any atom is -0.395 e. The summed E-state index contributed by atoms with van der Waals surface area (Å²) in [4.78, 5) is 16.7. The van der Waals surface area contributed by atoms with Crippen LogP contribution in [0.3, 0.4) is 0 Å². The molecule has 2 aromatic carbocycles. The van der Waals surface area contributed by atoms with Crippen molar-refractivity contribution in [2.24, 2.45) is 0 Å². The summed E-state index contributed by atoms with van der Waals surface area (Å²) in [7, 11) is 0. The normalized spacial score (nSPS) is 14.6. The van der Waals surface area contributed by atoms with Gasteiger partial charge in [-0.05, 0) is 24.3 Å². The molecule has 1 aliphatic rings. The molecule has 2 heterocycles. The molecule has 5 nitrogen and oxygen atoms in total. The summed E-state index contributed by atoms with van der Waals surface area (Å²) in [5.41, 5.74) is 1.44. The van der Waals surface area contributed by atoms with E-state index in [1.54, 1.807) is 18.2 Å². The predicted octanol–water partition coefficient (Wildman–Crippen LogP) is 3.81. The van der Waals surface area contributed by atoms with E-state index in [4.69, 9.17) is 0 Å². The Kier molecular flexibility index (Phi) is 3.09. The maximum Gasteiger partial charge on any atom is 0.586 e. The Hall–Kier alpha value is -3.22. The number of hydrogen-bond acceptors (Lipinski definition) is 4. The van der Waals surface area contributed by atoms with Crippen LogP contribution in [0.15, 0.2) is 54.7 Å². The number of amides is 1. The van der Waals surface area contributed by atoms with Gasteiger partial charge in [0.25, 0.3) is 5.91 Å². The fraction of sp³-hybridized carbons (Fsp3) is 0.0588. The summed E-state index contributed by atoms with van der Waals surface area (Å²) >= 11 is 0. The lowest BCUT2D eigenvalue weighted by Crippen LogP contribution is -2.25. The van der Waals surface area contributed by atoms with Gasteiger partial charge in [-0.25, -0.2) is 0 Å². The maximum atomic E-state index is 13.0. The van der Waals surface area contributed by atoms with Crippen LogP contribution in [0.5, 0.6) is 11.5 Å². The first-order valence-electron chi connectivity index (χ1n) is 7.07. The first kappa shape index (κ1) is 14.4. The molecule has 0 atom stereocenters. The number of halogens is 2. The quantitative estimate of drug-likeness (QED) is 0.777. The van der Waals surface area contributed by atoms with Gasteiger partial charge in [0.15, 0.2) is 11.5 Å². The molecule has 3 aromatic rings. The lowest BCUT2D eigenvalue weighted by Gasteiger charge is -2.08.